The van der Waals surface area contributed by atoms with Crippen molar-refractivity contribution in [1.29, 1.82) is 5.41 Å². The Morgan fingerprint density at radius 2 is 1.56 bits per heavy atom. The van der Waals surface area contributed by atoms with E-state index < -0.39 is 22.0 Å². The van der Waals surface area contributed by atoms with Gasteiger partial charge in [-0.2, -0.15) is 8.42 Å². The van der Waals surface area contributed by atoms with Crippen LogP contribution in [0, 0.1) is 12.3 Å². The van der Waals surface area contributed by atoms with Gasteiger partial charge < -0.3 is 16.2 Å². The topological polar surface area (TPSA) is 171 Å². The van der Waals surface area contributed by atoms with Gasteiger partial charge in [-0.15, -0.1) is 0 Å². The molecule has 0 atom stereocenters. The number of nitrogen functional groups attached to an aromatic ring is 1. The predicted octanol–water partition coefficient (Wildman–Crippen LogP) is 4.05. The normalized spacial score (nSPS) is 10.6. The second-order valence-corrected chi connectivity index (χ2v) is 9.12. The first-order valence-corrected chi connectivity index (χ1v) is 11.8. The Hall–Kier alpha value is -3.73. The van der Waals surface area contributed by atoms with Gasteiger partial charge in [0.05, 0.1) is 11.8 Å². The van der Waals surface area contributed by atoms with E-state index in [0.29, 0.717) is 39.2 Å². The second-order valence-electron chi connectivity index (χ2n) is 7.22. The molecule has 0 aliphatic rings. The van der Waals surface area contributed by atoms with Gasteiger partial charge >= 0.3 is 5.97 Å². The molecule has 0 aliphatic heterocycles. The maximum atomic E-state index is 13.0. The maximum absolute atomic E-state index is 13.0. The Bertz CT molecular complexity index is 1350. The molecular formula is C23H22ClN3O6S. The number of rotatable bonds is 5. The fourth-order valence-electron chi connectivity index (χ4n) is 2.94. The van der Waals surface area contributed by atoms with Crippen LogP contribution in [0.3, 0.4) is 0 Å². The summed E-state index contributed by atoms with van der Waals surface area (Å²) >= 11 is 6.08. The predicted molar refractivity (Wildman–Crippen MR) is 131 cm³/mol. The van der Waals surface area contributed by atoms with E-state index in [1.807, 2.05) is 6.92 Å². The van der Waals surface area contributed by atoms with Crippen molar-refractivity contribution in [2.45, 2.75) is 6.92 Å². The standard InChI is InChI=1S/C22H18ClN3O3.CH4O3S/c1-12-2-8-16(18-11-14(23)5-9-17(18)22(28)29)19(10-12)21(27)26-15-6-3-13(4-7-15)20(24)25;1-5(2,3)4/h2-11H,1H3,(H3,24,25)(H,26,27)(H,28,29);1H3,(H,2,3,4). The van der Waals surface area contributed by atoms with Gasteiger partial charge in [0.15, 0.2) is 0 Å². The van der Waals surface area contributed by atoms with Crippen molar-refractivity contribution in [1.82, 2.24) is 0 Å². The quantitative estimate of drug-likeness (QED) is 0.198. The highest BCUT2D eigenvalue weighted by atomic mass is 35.5. The molecule has 3 aromatic rings. The van der Waals surface area contributed by atoms with Crippen LogP contribution in [0.25, 0.3) is 11.1 Å². The maximum Gasteiger partial charge on any atom is 0.336 e. The minimum atomic E-state index is -3.67. The van der Waals surface area contributed by atoms with Crippen molar-refractivity contribution >= 4 is 45.1 Å². The van der Waals surface area contributed by atoms with Crippen LogP contribution in [0.5, 0.6) is 0 Å². The van der Waals surface area contributed by atoms with Crippen molar-refractivity contribution in [2.24, 2.45) is 5.73 Å². The number of carbonyl (C=O) groups excluding carboxylic acids is 1. The summed E-state index contributed by atoms with van der Waals surface area (Å²) in [5.74, 6) is -1.56. The first-order chi connectivity index (χ1) is 15.8. The Morgan fingerprint density at radius 3 is 2.09 bits per heavy atom. The van der Waals surface area contributed by atoms with Gasteiger partial charge in [-0.25, -0.2) is 4.79 Å². The van der Waals surface area contributed by atoms with Crippen LogP contribution < -0.4 is 11.1 Å². The number of benzene rings is 3. The number of halogens is 1. The third-order valence-electron chi connectivity index (χ3n) is 4.38. The van der Waals surface area contributed by atoms with E-state index in [9.17, 15) is 23.1 Å². The molecule has 0 unspecified atom stereocenters. The first kappa shape index (κ1) is 26.5. The van der Waals surface area contributed by atoms with Gasteiger partial charge in [0.2, 0.25) is 0 Å². The zero-order chi connectivity index (χ0) is 25.6. The molecule has 0 bridgehead atoms. The van der Waals surface area contributed by atoms with Crippen LogP contribution in [0.4, 0.5) is 5.69 Å². The second kappa shape index (κ2) is 10.9. The highest BCUT2D eigenvalue weighted by molar-refractivity contribution is 7.85. The number of nitrogens with two attached hydrogens (primary N) is 1. The average Bonchev–Trinajstić information content (AvgIpc) is 2.72. The van der Waals surface area contributed by atoms with Crippen LogP contribution in [0.15, 0.2) is 60.7 Å². The number of amidine groups is 1. The number of hydrogen-bond donors (Lipinski definition) is 5. The molecule has 0 heterocycles. The number of hydrogen-bond acceptors (Lipinski definition) is 5. The Labute approximate surface area is 201 Å². The number of nitrogens with one attached hydrogen (secondary N) is 2. The molecule has 34 heavy (non-hydrogen) atoms. The summed E-state index contributed by atoms with van der Waals surface area (Å²) in [6, 6.07) is 16.2. The van der Waals surface area contributed by atoms with Gasteiger partial charge in [0.25, 0.3) is 16.0 Å². The average molecular weight is 504 g/mol. The van der Waals surface area contributed by atoms with Crippen molar-refractivity contribution in [3.8, 4) is 11.1 Å². The van der Waals surface area contributed by atoms with Gasteiger partial charge in [-0.3, -0.25) is 14.8 Å². The van der Waals surface area contributed by atoms with Crippen LogP contribution in [0.2, 0.25) is 5.02 Å². The van der Waals surface area contributed by atoms with Crippen LogP contribution in [-0.2, 0) is 10.1 Å². The molecule has 11 heteroatoms. The van der Waals surface area contributed by atoms with Crippen molar-refractivity contribution in [3.63, 3.8) is 0 Å². The highest BCUT2D eigenvalue weighted by Gasteiger charge is 2.19. The molecule has 0 aromatic heterocycles. The minimum Gasteiger partial charge on any atom is -0.478 e. The molecule has 0 saturated carbocycles. The van der Waals surface area contributed by atoms with Crippen LogP contribution in [0.1, 0.15) is 31.8 Å². The first-order valence-electron chi connectivity index (χ1n) is 9.58. The van der Waals surface area contributed by atoms with E-state index in [4.69, 9.17) is 27.3 Å². The number of aromatic carboxylic acids is 1. The molecule has 0 spiro atoms. The van der Waals surface area contributed by atoms with Crippen LogP contribution >= 0.6 is 11.6 Å². The number of amides is 1. The van der Waals surface area contributed by atoms with E-state index >= 15 is 0 Å². The van der Waals surface area contributed by atoms with E-state index in [1.165, 1.54) is 18.2 Å². The molecule has 6 N–H and O–H groups in total. The summed E-state index contributed by atoms with van der Waals surface area (Å²) in [5.41, 5.74) is 8.57. The molecule has 0 aliphatic carbocycles. The van der Waals surface area contributed by atoms with E-state index in [1.54, 1.807) is 42.5 Å². The molecule has 9 nitrogen and oxygen atoms in total. The molecule has 3 rings (SSSR count). The lowest BCUT2D eigenvalue weighted by molar-refractivity contribution is 0.0697. The third-order valence-corrected chi connectivity index (χ3v) is 4.61. The molecule has 178 valence electrons. The van der Waals surface area contributed by atoms with E-state index in [-0.39, 0.29) is 11.4 Å². The lowest BCUT2D eigenvalue weighted by Gasteiger charge is -2.14. The largest absolute Gasteiger partial charge is 0.478 e. The number of carbonyl (C=O) groups is 2. The van der Waals surface area contributed by atoms with E-state index in [0.717, 1.165) is 5.56 Å². The molecule has 3 aromatic carbocycles. The fraction of sp³-hybridized carbons (Fsp3) is 0.0870. The van der Waals surface area contributed by atoms with E-state index in [2.05, 4.69) is 5.32 Å². The van der Waals surface area contributed by atoms with Gasteiger partial charge in [-0.1, -0.05) is 29.3 Å². The minimum absolute atomic E-state index is 0.0538. The third kappa shape index (κ3) is 7.69. The van der Waals surface area contributed by atoms with Gasteiger partial charge in [0, 0.05) is 21.8 Å². The lowest BCUT2D eigenvalue weighted by atomic mass is 9.93. The lowest BCUT2D eigenvalue weighted by Crippen LogP contribution is -2.15. The number of aryl methyl sites for hydroxylation is 1. The summed E-state index contributed by atoms with van der Waals surface area (Å²) in [6.07, 6.45) is 0.715. The zero-order valence-electron chi connectivity index (χ0n) is 18.2. The molecular weight excluding hydrogens is 482 g/mol. The van der Waals surface area contributed by atoms with Crippen molar-refractivity contribution < 1.29 is 27.7 Å². The summed E-state index contributed by atoms with van der Waals surface area (Å²) in [4.78, 5) is 24.6. The Balaban J connectivity index is 0.000000739. The summed E-state index contributed by atoms with van der Waals surface area (Å²) in [7, 11) is -3.67. The Kier molecular flexibility index (Phi) is 8.52. The summed E-state index contributed by atoms with van der Waals surface area (Å²) in [6.45, 7) is 1.85. The number of carboxylic acid groups (broad SMARTS) is 1. The molecule has 0 saturated heterocycles. The molecule has 0 radical (unpaired) electrons. The summed E-state index contributed by atoms with van der Waals surface area (Å²) in [5, 5.41) is 20.1. The van der Waals surface area contributed by atoms with Gasteiger partial charge in [-0.05, 0) is 66.6 Å². The fourth-order valence-corrected chi connectivity index (χ4v) is 3.11. The molecule has 1 amide bonds. The smallest absolute Gasteiger partial charge is 0.336 e. The number of anilines is 1. The highest BCUT2D eigenvalue weighted by Crippen LogP contribution is 2.31. The Morgan fingerprint density at radius 1 is 0.971 bits per heavy atom. The van der Waals surface area contributed by atoms with Crippen molar-refractivity contribution in [2.75, 3.05) is 11.6 Å². The summed E-state index contributed by atoms with van der Waals surface area (Å²) < 4.78 is 25.9. The number of carboxylic acids is 1. The molecule has 0 fully saturated rings. The zero-order valence-corrected chi connectivity index (χ0v) is 19.7. The van der Waals surface area contributed by atoms with Crippen LogP contribution in [-0.4, -0.2) is 42.0 Å². The monoisotopic (exact) mass is 503 g/mol. The SMILES string of the molecule is CS(=O)(=O)O.Cc1ccc(-c2cc(Cl)ccc2C(=O)O)c(C(=O)Nc2ccc(C(=N)N)cc2)c1. The van der Waals surface area contributed by atoms with Crippen molar-refractivity contribution in [3.05, 3.63) is 87.9 Å². The van der Waals surface area contributed by atoms with Gasteiger partial charge in [0.1, 0.15) is 5.84 Å².